The number of piperidine rings is 1. The van der Waals surface area contributed by atoms with Gasteiger partial charge in [0.25, 0.3) is 0 Å². The van der Waals surface area contributed by atoms with E-state index in [1.807, 2.05) is 6.92 Å². The fourth-order valence-corrected chi connectivity index (χ4v) is 3.81. The lowest BCUT2D eigenvalue weighted by atomic mass is 9.94. The van der Waals surface area contributed by atoms with Crippen LogP contribution < -0.4 is 5.32 Å². The first kappa shape index (κ1) is 18.4. The van der Waals surface area contributed by atoms with Gasteiger partial charge in [-0.05, 0) is 52.6 Å². The van der Waals surface area contributed by atoms with Crippen molar-refractivity contribution in [3.05, 3.63) is 12.7 Å². The molecule has 132 valence electrons. The van der Waals surface area contributed by atoms with E-state index in [2.05, 4.69) is 35.5 Å². The molecule has 2 fully saturated rings. The Morgan fingerprint density at radius 3 is 2.48 bits per heavy atom. The van der Waals surface area contributed by atoms with Crippen LogP contribution in [0.15, 0.2) is 12.7 Å². The first-order valence-electron chi connectivity index (χ1n) is 9.00. The average molecular weight is 323 g/mol. The summed E-state index contributed by atoms with van der Waals surface area (Å²) in [5.41, 5.74) is 0. The molecule has 0 saturated carbocycles. The van der Waals surface area contributed by atoms with Crippen LogP contribution in [0.4, 0.5) is 0 Å². The molecule has 3 atom stereocenters. The van der Waals surface area contributed by atoms with Crippen LogP contribution in [0.5, 0.6) is 0 Å². The summed E-state index contributed by atoms with van der Waals surface area (Å²) < 4.78 is 5.81. The van der Waals surface area contributed by atoms with Crippen molar-refractivity contribution >= 4 is 5.91 Å². The largest absolute Gasteiger partial charge is 0.373 e. The van der Waals surface area contributed by atoms with E-state index in [9.17, 15) is 4.79 Å². The Morgan fingerprint density at radius 1 is 1.30 bits per heavy atom. The van der Waals surface area contributed by atoms with Crippen molar-refractivity contribution in [2.75, 3.05) is 39.3 Å². The lowest BCUT2D eigenvalue weighted by molar-refractivity contribution is -0.126. The maximum Gasteiger partial charge on any atom is 0.237 e. The zero-order valence-electron chi connectivity index (χ0n) is 15.0. The van der Waals surface area contributed by atoms with Gasteiger partial charge in [0.2, 0.25) is 5.91 Å². The van der Waals surface area contributed by atoms with E-state index in [1.165, 1.54) is 19.4 Å². The van der Waals surface area contributed by atoms with Crippen molar-refractivity contribution < 1.29 is 9.53 Å². The van der Waals surface area contributed by atoms with Gasteiger partial charge in [0.05, 0.1) is 18.2 Å². The van der Waals surface area contributed by atoms with E-state index in [-0.39, 0.29) is 11.9 Å². The summed E-state index contributed by atoms with van der Waals surface area (Å²) in [6.45, 7) is 15.8. The molecule has 0 spiro atoms. The third kappa shape index (κ3) is 5.59. The van der Waals surface area contributed by atoms with Gasteiger partial charge in [-0.15, -0.1) is 6.58 Å². The maximum atomic E-state index is 12.0. The number of nitrogens with zero attached hydrogens (tertiary/aromatic N) is 2. The molecule has 2 heterocycles. The van der Waals surface area contributed by atoms with Gasteiger partial charge in [0, 0.05) is 26.2 Å². The van der Waals surface area contributed by atoms with Gasteiger partial charge in [-0.2, -0.15) is 0 Å². The van der Waals surface area contributed by atoms with Gasteiger partial charge in [-0.3, -0.25) is 14.6 Å². The van der Waals surface area contributed by atoms with Crippen LogP contribution in [0.3, 0.4) is 0 Å². The van der Waals surface area contributed by atoms with Crippen LogP contribution in [0.1, 0.15) is 33.6 Å². The van der Waals surface area contributed by atoms with Crippen LogP contribution in [-0.2, 0) is 9.53 Å². The minimum Gasteiger partial charge on any atom is -0.373 e. The van der Waals surface area contributed by atoms with Crippen molar-refractivity contribution in [1.82, 2.24) is 15.1 Å². The minimum absolute atomic E-state index is 0.0423. The molecular formula is C18H33N3O2. The number of nitrogens with one attached hydrogen (secondary N) is 1. The van der Waals surface area contributed by atoms with Crippen LogP contribution in [0.25, 0.3) is 0 Å². The second kappa shape index (κ2) is 8.81. The van der Waals surface area contributed by atoms with Crippen molar-refractivity contribution in [1.29, 1.82) is 0 Å². The Hall–Kier alpha value is -0.910. The third-order valence-corrected chi connectivity index (χ3v) is 5.01. The first-order valence-corrected chi connectivity index (χ1v) is 9.00. The van der Waals surface area contributed by atoms with Crippen molar-refractivity contribution in [2.45, 2.75) is 51.9 Å². The number of hydrogen-bond donors (Lipinski definition) is 1. The molecule has 0 unspecified atom stereocenters. The Bertz CT molecular complexity index is 384. The van der Waals surface area contributed by atoms with E-state index >= 15 is 0 Å². The summed E-state index contributed by atoms with van der Waals surface area (Å²) >= 11 is 0. The van der Waals surface area contributed by atoms with Crippen LogP contribution in [0.2, 0.25) is 0 Å². The number of carbonyl (C=O) groups is 1. The Kier molecular flexibility index (Phi) is 7.06. The Morgan fingerprint density at radius 2 is 1.91 bits per heavy atom. The van der Waals surface area contributed by atoms with Gasteiger partial charge in [-0.1, -0.05) is 6.08 Å². The van der Waals surface area contributed by atoms with Crippen molar-refractivity contribution in [3.63, 3.8) is 0 Å². The number of amides is 1. The number of rotatable bonds is 6. The van der Waals surface area contributed by atoms with E-state index in [1.54, 1.807) is 6.08 Å². The lowest BCUT2D eigenvalue weighted by Crippen LogP contribution is -2.51. The quantitative estimate of drug-likeness (QED) is 0.753. The molecule has 0 aromatic carbocycles. The molecule has 23 heavy (non-hydrogen) atoms. The predicted molar refractivity (Wildman–Crippen MR) is 93.4 cm³/mol. The lowest BCUT2D eigenvalue weighted by Gasteiger charge is -2.40. The maximum absolute atomic E-state index is 12.0. The third-order valence-electron chi connectivity index (χ3n) is 5.01. The molecule has 0 bridgehead atoms. The smallest absolute Gasteiger partial charge is 0.237 e. The molecule has 2 rings (SSSR count). The summed E-state index contributed by atoms with van der Waals surface area (Å²) in [6.07, 6.45) is 4.76. The second-order valence-electron chi connectivity index (χ2n) is 7.17. The van der Waals surface area contributed by atoms with Gasteiger partial charge in [0.15, 0.2) is 0 Å². The highest BCUT2D eigenvalue weighted by Crippen LogP contribution is 2.22. The highest BCUT2D eigenvalue weighted by molar-refractivity contribution is 5.81. The predicted octanol–water partition coefficient (Wildman–Crippen LogP) is 1.50. The van der Waals surface area contributed by atoms with Crippen LogP contribution in [-0.4, -0.2) is 73.2 Å². The fraction of sp³-hybridized carbons (Fsp3) is 0.833. The monoisotopic (exact) mass is 323 g/mol. The molecule has 2 aliphatic rings. The highest BCUT2D eigenvalue weighted by Gasteiger charge is 2.29. The summed E-state index contributed by atoms with van der Waals surface area (Å²) in [6, 6.07) is -0.0423. The molecular weight excluding hydrogens is 290 g/mol. The number of carbonyl (C=O) groups excluding carboxylic acids is 1. The molecule has 2 aliphatic heterocycles. The summed E-state index contributed by atoms with van der Waals surface area (Å²) in [5.74, 6) is 0.853. The van der Waals surface area contributed by atoms with Gasteiger partial charge < -0.3 is 10.1 Å². The van der Waals surface area contributed by atoms with Crippen molar-refractivity contribution in [2.24, 2.45) is 5.92 Å². The molecule has 0 aliphatic carbocycles. The number of morpholine rings is 1. The molecule has 1 amide bonds. The molecule has 0 aromatic rings. The first-order chi connectivity index (χ1) is 11.0. The number of likely N-dealkylation sites (tertiary alicyclic amines) is 1. The fourth-order valence-electron chi connectivity index (χ4n) is 3.81. The van der Waals surface area contributed by atoms with E-state index in [0.29, 0.717) is 18.8 Å². The highest BCUT2D eigenvalue weighted by atomic mass is 16.5. The molecule has 0 radical (unpaired) electrons. The summed E-state index contributed by atoms with van der Waals surface area (Å²) in [7, 11) is 0. The molecule has 5 heteroatoms. The van der Waals surface area contributed by atoms with E-state index in [0.717, 1.165) is 32.1 Å². The summed E-state index contributed by atoms with van der Waals surface area (Å²) in [5, 5.41) is 2.90. The molecule has 1 N–H and O–H groups in total. The topological polar surface area (TPSA) is 44.8 Å². The van der Waals surface area contributed by atoms with E-state index < -0.39 is 0 Å². The normalized spacial score (nSPS) is 29.2. The number of hydrogen-bond acceptors (Lipinski definition) is 4. The van der Waals surface area contributed by atoms with Gasteiger partial charge >= 0.3 is 0 Å². The van der Waals surface area contributed by atoms with Crippen LogP contribution >= 0.6 is 0 Å². The second-order valence-corrected chi connectivity index (χ2v) is 7.17. The molecule has 2 saturated heterocycles. The van der Waals surface area contributed by atoms with Crippen LogP contribution in [0, 0.1) is 5.92 Å². The average Bonchev–Trinajstić information content (AvgIpc) is 2.51. The van der Waals surface area contributed by atoms with Gasteiger partial charge in [0.1, 0.15) is 0 Å². The zero-order valence-corrected chi connectivity index (χ0v) is 15.0. The minimum atomic E-state index is -0.0423. The van der Waals surface area contributed by atoms with Gasteiger partial charge in [-0.25, -0.2) is 0 Å². The Labute approximate surface area is 141 Å². The van der Waals surface area contributed by atoms with Crippen molar-refractivity contribution in [3.8, 4) is 0 Å². The molecule has 5 nitrogen and oxygen atoms in total. The Balaban J connectivity index is 1.73. The zero-order chi connectivity index (χ0) is 16.8. The number of ether oxygens (including phenoxy) is 1. The van der Waals surface area contributed by atoms with E-state index in [4.69, 9.17) is 4.74 Å². The molecule has 0 aromatic heterocycles. The SMILES string of the molecule is C=CCNC(=O)[C@H](C)N1CCC(CN2C[C@H](C)O[C@@H](C)C2)CC1. The standard InChI is InChI=1S/C18H33N3O2/c1-5-8-19-18(22)16(4)21-9-6-17(7-10-21)13-20-11-14(2)23-15(3)12-20/h5,14-17H,1,6-13H2,2-4H3,(H,19,22)/t14-,15-,16-/m0/s1. The summed E-state index contributed by atoms with van der Waals surface area (Å²) in [4.78, 5) is 16.9.